The van der Waals surface area contributed by atoms with E-state index in [1.54, 1.807) is 16.8 Å². The number of nitrogens with one attached hydrogen (secondary N) is 1. The van der Waals surface area contributed by atoms with Gasteiger partial charge in [-0.3, -0.25) is 4.79 Å². The van der Waals surface area contributed by atoms with Crippen LogP contribution in [0.1, 0.15) is 11.7 Å². The molecule has 0 unspecified atom stereocenters. The van der Waals surface area contributed by atoms with E-state index in [0.29, 0.717) is 27.0 Å². The molecule has 1 N–H and O–H groups in total. The Hall–Kier alpha value is -3.22. The zero-order chi connectivity index (χ0) is 20.8. The number of anilines is 1. The Labute approximate surface area is 180 Å². The van der Waals surface area contributed by atoms with Crippen molar-refractivity contribution in [3.63, 3.8) is 0 Å². The van der Waals surface area contributed by atoms with Crippen LogP contribution in [0.15, 0.2) is 71.5 Å². The number of nitrogens with zero attached hydrogens (tertiary/aromatic N) is 3. The fourth-order valence-electron chi connectivity index (χ4n) is 3.50. The maximum Gasteiger partial charge on any atom is 0.300 e. The number of hydrogen-bond donors (Lipinski definition) is 1. The lowest BCUT2D eigenvalue weighted by molar-refractivity contribution is 0.550. The third-order valence-corrected chi connectivity index (χ3v) is 5.77. The molecule has 5 rings (SSSR count). The number of rotatable bonds is 2. The second-order valence-electron chi connectivity index (χ2n) is 6.78. The lowest BCUT2D eigenvalue weighted by atomic mass is 10.1. The maximum atomic E-state index is 13.4. The van der Waals surface area contributed by atoms with Crippen LogP contribution in [0.4, 0.5) is 10.1 Å². The van der Waals surface area contributed by atoms with Gasteiger partial charge in [0.15, 0.2) is 17.7 Å². The van der Waals surface area contributed by atoms with Gasteiger partial charge in [0, 0.05) is 22.4 Å². The Kier molecular flexibility index (Phi) is 4.53. The van der Waals surface area contributed by atoms with Crippen molar-refractivity contribution in [2.24, 2.45) is 0 Å². The van der Waals surface area contributed by atoms with Gasteiger partial charge < -0.3 is 5.32 Å². The van der Waals surface area contributed by atoms with E-state index in [1.807, 2.05) is 30.3 Å². The monoisotopic (exact) mass is 438 g/mol. The van der Waals surface area contributed by atoms with E-state index >= 15 is 0 Å². The molecule has 3 aromatic carbocycles. The molecule has 148 valence electrons. The molecule has 0 saturated heterocycles. The van der Waals surface area contributed by atoms with Crippen LogP contribution in [-0.4, -0.2) is 14.8 Å². The lowest BCUT2D eigenvalue weighted by Crippen LogP contribution is -2.32. The summed E-state index contributed by atoms with van der Waals surface area (Å²) < 4.78 is 15.0. The number of halogens is 3. The molecule has 1 aliphatic heterocycles. The third-order valence-electron chi connectivity index (χ3n) is 4.93. The summed E-state index contributed by atoms with van der Waals surface area (Å²) in [5.41, 5.74) is 2.30. The van der Waals surface area contributed by atoms with Crippen LogP contribution in [0.2, 0.25) is 10.0 Å². The summed E-state index contributed by atoms with van der Waals surface area (Å²) in [6.07, 6.45) is -0.548. The Morgan fingerprint density at radius 1 is 0.967 bits per heavy atom. The molecule has 8 heteroatoms. The predicted octanol–water partition coefficient (Wildman–Crippen LogP) is 5.39. The van der Waals surface area contributed by atoms with Gasteiger partial charge in [-0.2, -0.15) is 10.1 Å². The highest BCUT2D eigenvalue weighted by Gasteiger charge is 2.29. The second-order valence-corrected chi connectivity index (χ2v) is 7.56. The fourth-order valence-corrected chi connectivity index (χ4v) is 3.92. The van der Waals surface area contributed by atoms with Crippen molar-refractivity contribution in [3.05, 3.63) is 98.5 Å². The summed E-state index contributed by atoms with van der Waals surface area (Å²) in [6, 6.07) is 18.4. The molecule has 1 aromatic heterocycles. The van der Waals surface area contributed by atoms with Crippen molar-refractivity contribution in [3.8, 4) is 22.6 Å². The second kappa shape index (κ2) is 7.23. The first kappa shape index (κ1) is 18.8. The van der Waals surface area contributed by atoms with Crippen LogP contribution in [0.3, 0.4) is 0 Å². The molecule has 0 radical (unpaired) electrons. The van der Waals surface area contributed by atoms with Crippen molar-refractivity contribution in [2.45, 2.75) is 6.17 Å². The van der Waals surface area contributed by atoms with Gasteiger partial charge in [-0.15, -0.1) is 0 Å². The van der Waals surface area contributed by atoms with Gasteiger partial charge in [-0.1, -0.05) is 47.5 Å². The normalized spacial score (nSPS) is 14.6. The van der Waals surface area contributed by atoms with Crippen LogP contribution in [0, 0.1) is 5.82 Å². The average molecular weight is 439 g/mol. The minimum atomic E-state index is -0.548. The smallest absolute Gasteiger partial charge is 0.300 e. The number of fused-ring (bicyclic) bond motifs is 3. The number of aromatic nitrogens is 3. The van der Waals surface area contributed by atoms with E-state index in [-0.39, 0.29) is 5.69 Å². The van der Waals surface area contributed by atoms with Crippen molar-refractivity contribution < 1.29 is 4.39 Å². The largest absolute Gasteiger partial charge is 0.359 e. The van der Waals surface area contributed by atoms with Gasteiger partial charge in [-0.25, -0.2) is 9.07 Å². The molecule has 0 amide bonds. The van der Waals surface area contributed by atoms with Crippen molar-refractivity contribution in [1.29, 1.82) is 0 Å². The Balaban J connectivity index is 1.78. The topological polar surface area (TPSA) is 59.8 Å². The molecule has 0 fully saturated rings. The maximum absolute atomic E-state index is 13.4. The summed E-state index contributed by atoms with van der Waals surface area (Å²) in [5.74, 6) is 0.00482. The number of hydrogen-bond acceptors (Lipinski definition) is 4. The van der Waals surface area contributed by atoms with Crippen molar-refractivity contribution >= 4 is 28.9 Å². The number of benzene rings is 3. The van der Waals surface area contributed by atoms with Gasteiger partial charge in [-0.05, 0) is 42.5 Å². The lowest BCUT2D eigenvalue weighted by Gasteiger charge is -2.31. The molecule has 0 bridgehead atoms. The minimum absolute atomic E-state index is 0.114. The number of para-hydroxylation sites is 1. The standard InChI is InChI=1S/C22H13Cl2FN4O/c23-16-6-3-5-15(18(16)24)21-26-17-7-2-1-4-14(17)20-27-22(30)19(28-29(20)21)12-8-10-13(25)11-9-12/h1-11,21,26H/t21-/m1/s1. The Bertz CT molecular complexity index is 1340. The molecular weight excluding hydrogens is 426 g/mol. The molecule has 0 spiro atoms. The van der Waals surface area contributed by atoms with E-state index in [0.717, 1.165) is 11.3 Å². The summed E-state index contributed by atoms with van der Waals surface area (Å²) in [7, 11) is 0. The van der Waals surface area contributed by atoms with E-state index in [4.69, 9.17) is 23.2 Å². The van der Waals surface area contributed by atoms with E-state index in [9.17, 15) is 9.18 Å². The average Bonchev–Trinajstić information content (AvgIpc) is 2.75. The molecule has 1 aliphatic rings. The van der Waals surface area contributed by atoms with Gasteiger partial charge in [0.1, 0.15) is 5.82 Å². The van der Waals surface area contributed by atoms with E-state index < -0.39 is 17.5 Å². The van der Waals surface area contributed by atoms with Crippen LogP contribution in [0.25, 0.3) is 22.6 Å². The zero-order valence-electron chi connectivity index (χ0n) is 15.3. The fraction of sp³-hybridized carbons (Fsp3) is 0.0455. The van der Waals surface area contributed by atoms with Gasteiger partial charge >= 0.3 is 0 Å². The summed E-state index contributed by atoms with van der Waals surface area (Å²) in [5, 5.41) is 8.78. The first-order chi connectivity index (χ1) is 14.5. The molecule has 0 aliphatic carbocycles. The van der Waals surface area contributed by atoms with E-state index in [2.05, 4.69) is 15.4 Å². The molecule has 5 nitrogen and oxygen atoms in total. The van der Waals surface area contributed by atoms with Crippen molar-refractivity contribution in [2.75, 3.05) is 5.32 Å². The van der Waals surface area contributed by atoms with Gasteiger partial charge in [0.05, 0.1) is 10.0 Å². The van der Waals surface area contributed by atoms with Crippen LogP contribution in [0.5, 0.6) is 0 Å². The quantitative estimate of drug-likeness (QED) is 0.455. The molecule has 2 heterocycles. The molecular formula is C22H13Cl2FN4O. The highest BCUT2D eigenvalue weighted by molar-refractivity contribution is 6.42. The summed E-state index contributed by atoms with van der Waals surface area (Å²) >= 11 is 12.7. The summed E-state index contributed by atoms with van der Waals surface area (Å²) in [4.78, 5) is 17.1. The Morgan fingerprint density at radius 2 is 1.73 bits per heavy atom. The molecule has 1 atom stereocenters. The third kappa shape index (κ3) is 3.05. The first-order valence-corrected chi connectivity index (χ1v) is 9.85. The van der Waals surface area contributed by atoms with Crippen molar-refractivity contribution in [1.82, 2.24) is 14.8 Å². The molecule has 30 heavy (non-hydrogen) atoms. The summed E-state index contributed by atoms with van der Waals surface area (Å²) in [6.45, 7) is 0. The van der Waals surface area contributed by atoms with Gasteiger partial charge in [0.2, 0.25) is 0 Å². The van der Waals surface area contributed by atoms with Crippen LogP contribution >= 0.6 is 23.2 Å². The SMILES string of the molecule is O=c1nc2n(nc1-c1ccc(F)cc1)[C@H](c1cccc(Cl)c1Cl)Nc1ccccc1-2. The highest BCUT2D eigenvalue weighted by atomic mass is 35.5. The Morgan fingerprint density at radius 3 is 2.53 bits per heavy atom. The van der Waals surface area contributed by atoms with Crippen LogP contribution in [-0.2, 0) is 0 Å². The van der Waals surface area contributed by atoms with E-state index in [1.165, 1.54) is 24.3 Å². The predicted molar refractivity (Wildman–Crippen MR) is 115 cm³/mol. The van der Waals surface area contributed by atoms with Gasteiger partial charge in [0.25, 0.3) is 5.56 Å². The molecule has 0 saturated carbocycles. The first-order valence-electron chi connectivity index (χ1n) is 9.09. The minimum Gasteiger partial charge on any atom is -0.359 e. The zero-order valence-corrected chi connectivity index (χ0v) is 16.8. The molecule has 4 aromatic rings. The highest BCUT2D eigenvalue weighted by Crippen LogP contribution is 2.39. The van der Waals surface area contributed by atoms with Crippen LogP contribution < -0.4 is 10.9 Å².